The monoisotopic (exact) mass is 233 g/mol. The molecule has 17 heavy (non-hydrogen) atoms. The Bertz CT molecular complexity index is 496. The van der Waals surface area contributed by atoms with E-state index < -0.39 is 6.10 Å². The van der Waals surface area contributed by atoms with Crippen LogP contribution in [0, 0.1) is 0 Å². The van der Waals surface area contributed by atoms with Gasteiger partial charge < -0.3 is 9.84 Å². The zero-order chi connectivity index (χ0) is 12.3. The van der Waals surface area contributed by atoms with Crippen LogP contribution in [0.5, 0.6) is 5.88 Å². The van der Waals surface area contributed by atoms with Crippen molar-refractivity contribution in [2.45, 2.75) is 12.5 Å². The van der Waals surface area contributed by atoms with Gasteiger partial charge in [-0.05, 0) is 12.1 Å². The van der Waals surface area contributed by atoms with E-state index in [-0.39, 0.29) is 0 Å². The van der Waals surface area contributed by atoms with Gasteiger partial charge in [-0.2, -0.15) is 5.10 Å². The van der Waals surface area contributed by atoms with Crippen LogP contribution in [0.3, 0.4) is 0 Å². The van der Waals surface area contributed by atoms with Gasteiger partial charge in [0.2, 0.25) is 5.88 Å². The van der Waals surface area contributed by atoms with Gasteiger partial charge in [0.05, 0.1) is 18.5 Å². The molecule has 0 aliphatic carbocycles. The summed E-state index contributed by atoms with van der Waals surface area (Å²) in [7, 11) is 3.40. The molecule has 2 rings (SSSR count). The molecular weight excluding hydrogens is 218 g/mol. The summed E-state index contributed by atoms with van der Waals surface area (Å²) in [6, 6.07) is 7.21. The van der Waals surface area contributed by atoms with Gasteiger partial charge in [0.25, 0.3) is 0 Å². The molecule has 0 aromatic carbocycles. The number of ether oxygens (including phenoxy) is 1. The summed E-state index contributed by atoms with van der Waals surface area (Å²) < 4.78 is 6.73. The van der Waals surface area contributed by atoms with Crippen molar-refractivity contribution in [2.24, 2.45) is 7.05 Å². The molecule has 0 spiro atoms. The normalized spacial score (nSPS) is 12.4. The molecule has 1 atom stereocenters. The third kappa shape index (κ3) is 2.82. The summed E-state index contributed by atoms with van der Waals surface area (Å²) in [6.45, 7) is 0. The third-order valence-corrected chi connectivity index (χ3v) is 2.47. The first-order valence-corrected chi connectivity index (χ1v) is 5.36. The molecule has 5 nitrogen and oxygen atoms in total. The molecule has 0 bridgehead atoms. The molecule has 1 unspecified atom stereocenters. The van der Waals surface area contributed by atoms with E-state index >= 15 is 0 Å². The lowest BCUT2D eigenvalue weighted by atomic mass is 10.1. The minimum absolute atomic E-state index is 0.445. The van der Waals surface area contributed by atoms with Gasteiger partial charge in [0, 0.05) is 25.7 Å². The highest BCUT2D eigenvalue weighted by atomic mass is 16.5. The second kappa shape index (κ2) is 4.97. The van der Waals surface area contributed by atoms with E-state index in [0.29, 0.717) is 18.0 Å². The summed E-state index contributed by atoms with van der Waals surface area (Å²) in [5, 5.41) is 14.3. The van der Waals surface area contributed by atoms with Gasteiger partial charge in [-0.1, -0.05) is 6.07 Å². The molecule has 0 aliphatic heterocycles. The van der Waals surface area contributed by atoms with E-state index in [9.17, 15) is 5.11 Å². The Morgan fingerprint density at radius 3 is 2.88 bits per heavy atom. The number of aromatic nitrogens is 3. The predicted octanol–water partition coefficient (Wildman–Crippen LogP) is 1.10. The van der Waals surface area contributed by atoms with Crippen LogP contribution in [0.1, 0.15) is 17.5 Å². The van der Waals surface area contributed by atoms with Crippen LogP contribution in [-0.4, -0.2) is 27.0 Å². The summed E-state index contributed by atoms with van der Waals surface area (Å²) in [4.78, 5) is 4.19. The highest BCUT2D eigenvalue weighted by Crippen LogP contribution is 2.17. The zero-order valence-electron chi connectivity index (χ0n) is 9.87. The van der Waals surface area contributed by atoms with E-state index in [1.165, 1.54) is 0 Å². The molecule has 0 aliphatic rings. The fourth-order valence-electron chi connectivity index (χ4n) is 1.60. The first-order valence-electron chi connectivity index (χ1n) is 5.36. The van der Waals surface area contributed by atoms with Crippen molar-refractivity contribution in [3.63, 3.8) is 0 Å². The van der Waals surface area contributed by atoms with Crippen LogP contribution in [0.2, 0.25) is 0 Å². The van der Waals surface area contributed by atoms with Gasteiger partial charge in [-0.15, -0.1) is 0 Å². The van der Waals surface area contributed by atoms with Crippen molar-refractivity contribution in [1.29, 1.82) is 0 Å². The van der Waals surface area contributed by atoms with Gasteiger partial charge in [0.1, 0.15) is 6.10 Å². The average Bonchev–Trinajstić information content (AvgIpc) is 2.75. The van der Waals surface area contributed by atoms with Crippen molar-refractivity contribution >= 4 is 0 Å². The minimum Gasteiger partial charge on any atom is -0.481 e. The average molecular weight is 233 g/mol. The second-order valence-electron chi connectivity index (χ2n) is 3.81. The molecule has 5 heteroatoms. The van der Waals surface area contributed by atoms with Crippen molar-refractivity contribution < 1.29 is 9.84 Å². The Balaban J connectivity index is 2.11. The smallest absolute Gasteiger partial charge is 0.213 e. The number of aliphatic hydroxyl groups is 1. The van der Waals surface area contributed by atoms with E-state index in [2.05, 4.69) is 10.1 Å². The molecule has 2 aromatic rings. The molecule has 2 aromatic heterocycles. The summed E-state index contributed by atoms with van der Waals surface area (Å²) in [5.41, 5.74) is 1.43. The Labute approximate surface area is 99.7 Å². The van der Waals surface area contributed by atoms with Gasteiger partial charge in [-0.3, -0.25) is 4.68 Å². The lowest BCUT2D eigenvalue weighted by molar-refractivity contribution is 0.171. The quantitative estimate of drug-likeness (QED) is 0.859. The van der Waals surface area contributed by atoms with Crippen LogP contribution in [-0.2, 0) is 13.5 Å². The maximum absolute atomic E-state index is 10.0. The Hall–Kier alpha value is -1.88. The first kappa shape index (κ1) is 11.6. The van der Waals surface area contributed by atoms with Crippen LogP contribution in [0.15, 0.2) is 30.5 Å². The molecule has 0 radical (unpaired) electrons. The number of rotatable bonds is 4. The maximum Gasteiger partial charge on any atom is 0.213 e. The number of hydrogen-bond acceptors (Lipinski definition) is 4. The third-order valence-electron chi connectivity index (χ3n) is 2.47. The number of nitrogens with zero attached hydrogens (tertiary/aromatic N) is 3. The van der Waals surface area contributed by atoms with E-state index in [1.54, 1.807) is 23.9 Å². The number of methoxy groups -OCH3 is 1. The predicted molar refractivity (Wildman–Crippen MR) is 62.7 cm³/mol. The van der Waals surface area contributed by atoms with Crippen molar-refractivity contribution in [3.05, 3.63) is 41.9 Å². The minimum atomic E-state index is -0.667. The zero-order valence-corrected chi connectivity index (χ0v) is 9.87. The number of aliphatic hydroxyl groups excluding tert-OH is 1. The van der Waals surface area contributed by atoms with E-state index in [4.69, 9.17) is 4.74 Å². The largest absolute Gasteiger partial charge is 0.481 e. The molecule has 0 amide bonds. The first-order chi connectivity index (χ1) is 8.19. The Morgan fingerprint density at radius 1 is 1.41 bits per heavy atom. The van der Waals surface area contributed by atoms with Crippen LogP contribution in [0.25, 0.3) is 0 Å². The van der Waals surface area contributed by atoms with Gasteiger partial charge in [-0.25, -0.2) is 4.98 Å². The van der Waals surface area contributed by atoms with E-state index in [0.717, 1.165) is 5.69 Å². The van der Waals surface area contributed by atoms with E-state index in [1.807, 2.05) is 25.4 Å². The second-order valence-corrected chi connectivity index (χ2v) is 3.81. The number of hydrogen-bond donors (Lipinski definition) is 1. The van der Waals surface area contributed by atoms with Gasteiger partial charge >= 0.3 is 0 Å². The fraction of sp³-hybridized carbons (Fsp3) is 0.333. The molecule has 90 valence electrons. The Kier molecular flexibility index (Phi) is 3.39. The standard InChI is InChI=1S/C12H15N3O2/c1-15-7-6-9(14-15)8-11(16)10-4-3-5-12(13-10)17-2/h3-7,11,16H,8H2,1-2H3. The molecular formula is C12H15N3O2. The highest BCUT2D eigenvalue weighted by molar-refractivity contribution is 5.18. The SMILES string of the molecule is COc1cccc(C(O)Cc2ccn(C)n2)n1. The molecule has 0 saturated heterocycles. The topological polar surface area (TPSA) is 60.2 Å². The van der Waals surface area contributed by atoms with Crippen molar-refractivity contribution in [1.82, 2.24) is 14.8 Å². The van der Waals surface area contributed by atoms with Crippen LogP contribution >= 0.6 is 0 Å². The number of pyridine rings is 1. The van der Waals surface area contributed by atoms with Crippen LogP contribution in [0.4, 0.5) is 0 Å². The fourth-order valence-corrected chi connectivity index (χ4v) is 1.60. The highest BCUT2D eigenvalue weighted by Gasteiger charge is 2.12. The Morgan fingerprint density at radius 2 is 2.24 bits per heavy atom. The molecule has 0 fully saturated rings. The van der Waals surface area contributed by atoms with Crippen molar-refractivity contribution in [2.75, 3.05) is 7.11 Å². The van der Waals surface area contributed by atoms with Crippen molar-refractivity contribution in [3.8, 4) is 5.88 Å². The lowest BCUT2D eigenvalue weighted by Gasteiger charge is -2.09. The van der Waals surface area contributed by atoms with Crippen LogP contribution < -0.4 is 4.74 Å². The maximum atomic E-state index is 10.0. The number of aryl methyl sites for hydroxylation is 1. The molecule has 2 heterocycles. The van der Waals surface area contributed by atoms with Gasteiger partial charge in [0.15, 0.2) is 0 Å². The molecule has 1 N–H and O–H groups in total. The lowest BCUT2D eigenvalue weighted by Crippen LogP contribution is -2.05. The molecule has 0 saturated carbocycles. The summed E-state index contributed by atoms with van der Waals surface area (Å²) in [5.74, 6) is 0.502. The summed E-state index contributed by atoms with van der Waals surface area (Å²) >= 11 is 0. The summed E-state index contributed by atoms with van der Waals surface area (Å²) in [6.07, 6.45) is 1.63.